The van der Waals surface area contributed by atoms with Crippen molar-refractivity contribution >= 4 is 0 Å². The molecule has 0 aromatic heterocycles. The van der Waals surface area contributed by atoms with Gasteiger partial charge in [0.15, 0.2) is 0 Å². The van der Waals surface area contributed by atoms with Crippen molar-refractivity contribution in [3.63, 3.8) is 0 Å². The van der Waals surface area contributed by atoms with Gasteiger partial charge in [-0.25, -0.2) is 4.39 Å². The lowest BCUT2D eigenvalue weighted by Gasteiger charge is -2.30. The summed E-state index contributed by atoms with van der Waals surface area (Å²) in [4.78, 5) is 0. The van der Waals surface area contributed by atoms with Gasteiger partial charge in [-0.15, -0.1) is 0 Å². The Hall–Kier alpha value is -1.87. The quantitative estimate of drug-likeness (QED) is 0.833. The van der Waals surface area contributed by atoms with Gasteiger partial charge in [-0.3, -0.25) is 0 Å². The van der Waals surface area contributed by atoms with Gasteiger partial charge in [0, 0.05) is 18.0 Å². The Morgan fingerprint density at radius 2 is 1.78 bits per heavy atom. The fourth-order valence-corrected chi connectivity index (χ4v) is 2.33. The average Bonchev–Trinajstić information content (AvgIpc) is 2.39. The van der Waals surface area contributed by atoms with E-state index in [1.165, 1.54) is 12.1 Å². The van der Waals surface area contributed by atoms with Gasteiger partial charge in [0.1, 0.15) is 17.7 Å². The zero-order chi connectivity index (χ0) is 12.5. The largest absolute Gasteiger partial charge is 0.485 e. The maximum Gasteiger partial charge on any atom is 0.126 e. The highest BCUT2D eigenvalue weighted by Gasteiger charge is 2.26. The summed E-state index contributed by atoms with van der Waals surface area (Å²) in [5.41, 5.74) is 8.15. The third-order valence-corrected chi connectivity index (χ3v) is 3.30. The third kappa shape index (κ3) is 1.97. The molecule has 1 aliphatic rings. The summed E-state index contributed by atoms with van der Waals surface area (Å²) in [5, 5.41) is 0. The molecule has 0 fully saturated rings. The van der Waals surface area contributed by atoms with Crippen molar-refractivity contribution in [2.45, 2.75) is 18.6 Å². The molecule has 0 radical (unpaired) electrons. The van der Waals surface area contributed by atoms with E-state index in [2.05, 4.69) is 0 Å². The minimum absolute atomic E-state index is 0.0370. The van der Waals surface area contributed by atoms with E-state index in [9.17, 15) is 4.39 Å². The predicted molar refractivity (Wildman–Crippen MR) is 67.8 cm³/mol. The monoisotopic (exact) mass is 243 g/mol. The van der Waals surface area contributed by atoms with Crippen LogP contribution in [0.15, 0.2) is 48.5 Å². The fraction of sp³-hybridized carbons (Fsp3) is 0.200. The van der Waals surface area contributed by atoms with Gasteiger partial charge >= 0.3 is 0 Å². The zero-order valence-corrected chi connectivity index (χ0v) is 9.84. The molecule has 0 saturated carbocycles. The van der Waals surface area contributed by atoms with Gasteiger partial charge in [0.2, 0.25) is 0 Å². The van der Waals surface area contributed by atoms with Crippen molar-refractivity contribution in [1.29, 1.82) is 0 Å². The zero-order valence-electron chi connectivity index (χ0n) is 9.84. The van der Waals surface area contributed by atoms with E-state index < -0.39 is 0 Å². The molecule has 0 amide bonds. The Bertz CT molecular complexity index is 553. The van der Waals surface area contributed by atoms with Crippen LogP contribution in [0.3, 0.4) is 0 Å². The van der Waals surface area contributed by atoms with Crippen molar-refractivity contribution < 1.29 is 9.13 Å². The molecule has 1 heterocycles. The minimum atomic E-state index is -0.237. The second-order valence-corrected chi connectivity index (χ2v) is 4.54. The summed E-state index contributed by atoms with van der Waals surface area (Å²) >= 11 is 0. The number of halogens is 1. The highest BCUT2D eigenvalue weighted by Crippen LogP contribution is 2.39. The van der Waals surface area contributed by atoms with Gasteiger partial charge < -0.3 is 10.5 Å². The Morgan fingerprint density at radius 1 is 1.06 bits per heavy atom. The number of hydrogen-bond acceptors (Lipinski definition) is 2. The van der Waals surface area contributed by atoms with Gasteiger partial charge in [-0.1, -0.05) is 30.3 Å². The minimum Gasteiger partial charge on any atom is -0.485 e. The molecule has 3 heteroatoms. The molecule has 2 atom stereocenters. The summed E-state index contributed by atoms with van der Waals surface area (Å²) in [6.07, 6.45) is 0.610. The van der Waals surface area contributed by atoms with Crippen molar-refractivity contribution in [2.75, 3.05) is 0 Å². The van der Waals surface area contributed by atoms with Crippen LogP contribution in [0.25, 0.3) is 0 Å². The Balaban J connectivity index is 1.92. The maximum absolute atomic E-state index is 12.9. The van der Waals surface area contributed by atoms with E-state index >= 15 is 0 Å². The Labute approximate surface area is 105 Å². The normalized spacial score (nSPS) is 22.1. The SMILES string of the molecule is N[C@H]1C[C@H](c2ccc(F)cc2)Oc2ccccc21. The molecule has 1 aliphatic heterocycles. The molecule has 2 aromatic carbocycles. The summed E-state index contributed by atoms with van der Waals surface area (Å²) < 4.78 is 18.8. The molecular formula is C15H14FNO. The number of ether oxygens (including phenoxy) is 1. The summed E-state index contributed by atoms with van der Waals surface area (Å²) in [5.74, 6) is 0.588. The number of hydrogen-bond donors (Lipinski definition) is 1. The molecular weight excluding hydrogens is 229 g/mol. The molecule has 0 saturated heterocycles. The highest BCUT2D eigenvalue weighted by molar-refractivity contribution is 5.39. The first kappa shape index (κ1) is 11.2. The van der Waals surface area contributed by atoms with E-state index in [1.54, 1.807) is 12.1 Å². The first-order valence-electron chi connectivity index (χ1n) is 6.00. The fourth-order valence-electron chi connectivity index (χ4n) is 2.33. The number of rotatable bonds is 1. The van der Waals surface area contributed by atoms with Crippen molar-refractivity contribution in [3.05, 3.63) is 65.5 Å². The van der Waals surface area contributed by atoms with Crippen molar-refractivity contribution in [3.8, 4) is 5.75 Å². The van der Waals surface area contributed by atoms with E-state index in [-0.39, 0.29) is 18.0 Å². The van der Waals surface area contributed by atoms with Crippen LogP contribution < -0.4 is 10.5 Å². The maximum atomic E-state index is 12.9. The molecule has 18 heavy (non-hydrogen) atoms. The first-order chi connectivity index (χ1) is 8.74. The van der Waals surface area contributed by atoms with Crippen LogP contribution in [0.5, 0.6) is 5.75 Å². The molecule has 0 aliphatic carbocycles. The van der Waals surface area contributed by atoms with Crippen molar-refractivity contribution in [2.24, 2.45) is 5.73 Å². The van der Waals surface area contributed by atoms with Gasteiger partial charge in [0.05, 0.1) is 0 Å². The lowest BCUT2D eigenvalue weighted by atomic mass is 9.94. The van der Waals surface area contributed by atoms with Gasteiger partial charge in [-0.2, -0.15) is 0 Å². The first-order valence-corrected chi connectivity index (χ1v) is 6.00. The third-order valence-electron chi connectivity index (χ3n) is 3.30. The molecule has 92 valence electrons. The topological polar surface area (TPSA) is 35.2 Å². The molecule has 2 nitrogen and oxygen atoms in total. The molecule has 3 rings (SSSR count). The van der Waals surface area contributed by atoms with Gasteiger partial charge in [0.25, 0.3) is 0 Å². The molecule has 0 unspecified atom stereocenters. The van der Waals surface area contributed by atoms with Crippen LogP contribution in [0, 0.1) is 5.82 Å². The Kier molecular flexibility index (Phi) is 2.76. The van der Waals surface area contributed by atoms with E-state index in [1.807, 2.05) is 24.3 Å². The smallest absolute Gasteiger partial charge is 0.126 e. The lowest BCUT2D eigenvalue weighted by Crippen LogP contribution is -2.24. The van der Waals surface area contributed by atoms with Crippen LogP contribution in [0.1, 0.15) is 29.7 Å². The molecule has 0 bridgehead atoms. The number of benzene rings is 2. The van der Waals surface area contributed by atoms with Crippen LogP contribution in [0.4, 0.5) is 4.39 Å². The van der Waals surface area contributed by atoms with E-state index in [0.29, 0.717) is 6.42 Å². The number of nitrogens with two attached hydrogens (primary N) is 1. The molecule has 0 spiro atoms. The average molecular weight is 243 g/mol. The number of para-hydroxylation sites is 1. The second kappa shape index (κ2) is 4.42. The highest BCUT2D eigenvalue weighted by atomic mass is 19.1. The van der Waals surface area contributed by atoms with Crippen LogP contribution >= 0.6 is 0 Å². The van der Waals surface area contributed by atoms with E-state index in [4.69, 9.17) is 10.5 Å². The summed E-state index contributed by atoms with van der Waals surface area (Å²) in [7, 11) is 0. The summed E-state index contributed by atoms with van der Waals surface area (Å²) in [6.45, 7) is 0. The summed E-state index contributed by atoms with van der Waals surface area (Å²) in [6, 6.07) is 14.2. The van der Waals surface area contributed by atoms with Crippen LogP contribution in [-0.4, -0.2) is 0 Å². The molecule has 2 N–H and O–H groups in total. The predicted octanol–water partition coefficient (Wildman–Crippen LogP) is 3.35. The van der Waals surface area contributed by atoms with Gasteiger partial charge in [-0.05, 0) is 23.8 Å². The number of fused-ring (bicyclic) bond motifs is 1. The molecule has 2 aromatic rings. The van der Waals surface area contributed by atoms with Crippen LogP contribution in [0.2, 0.25) is 0 Å². The Morgan fingerprint density at radius 3 is 2.56 bits per heavy atom. The lowest BCUT2D eigenvalue weighted by molar-refractivity contribution is 0.161. The second-order valence-electron chi connectivity index (χ2n) is 4.54. The van der Waals surface area contributed by atoms with Crippen molar-refractivity contribution in [1.82, 2.24) is 0 Å². The van der Waals surface area contributed by atoms with Crippen LogP contribution in [-0.2, 0) is 0 Å². The van der Waals surface area contributed by atoms with E-state index in [0.717, 1.165) is 16.9 Å². The standard InChI is InChI=1S/C15H14FNO/c16-11-7-5-10(6-8-11)15-9-13(17)12-3-1-2-4-14(12)18-15/h1-8,13,15H,9,17H2/t13-,15+/m0/s1.